The summed E-state index contributed by atoms with van der Waals surface area (Å²) in [5.41, 5.74) is 10.8. The molecule has 6 atom stereocenters. The van der Waals surface area contributed by atoms with Crippen molar-refractivity contribution in [3.8, 4) is 0 Å². The second-order valence-corrected chi connectivity index (χ2v) is 16.3. The van der Waals surface area contributed by atoms with E-state index in [1.54, 1.807) is 6.92 Å². The number of unbranched alkanes of at least 4 members (excludes halogenated alkanes) is 12. The molecular weight excluding hydrogens is 761 g/mol. The Kier molecular flexibility index (Phi) is 30.7. The zero-order valence-electron chi connectivity index (χ0n) is 36.6. The predicted octanol–water partition coefficient (Wildman–Crippen LogP) is 4.00. The van der Waals surface area contributed by atoms with Gasteiger partial charge in [-0.2, -0.15) is 0 Å². The molecular formula is C43H78N6O10. The number of ketones is 3. The van der Waals surface area contributed by atoms with E-state index >= 15 is 0 Å². The first kappa shape index (κ1) is 55.1. The molecule has 0 saturated heterocycles. The standard InChI is InChI=1S/C43H78N6O10/c1-6-8-9-10-11-12-13-14-15-16-17-18-19-22-39(55)47-35(28-50)38(54)26-32(30(5)51)42(59)49-34(27-40(56)57)37(53)25-31(21-20-23-46-43(44)45)41(58)48-33(24-29(3)4)36(52)7-2/h29-35,50-51H,6-28H2,1-5H3,(H,47,55)(H,48,58)(H,49,59)(H,56,57)(H4,44,45,46)/t30-,31-,32+,33+,34+,35+/m1/s1. The summed E-state index contributed by atoms with van der Waals surface area (Å²) in [4.78, 5) is 94.9. The Bertz CT molecular complexity index is 1300. The topological polar surface area (TPSA) is 281 Å². The van der Waals surface area contributed by atoms with E-state index in [0.29, 0.717) is 12.8 Å². The number of Topliss-reactive ketones (excluding diaryl/α,β-unsaturated/α-hetero) is 3. The van der Waals surface area contributed by atoms with Crippen LogP contribution in [-0.4, -0.2) is 99.7 Å². The first-order chi connectivity index (χ1) is 28.0. The normalized spacial score (nSPS) is 14.3. The summed E-state index contributed by atoms with van der Waals surface area (Å²) in [6.45, 7) is 8.32. The summed E-state index contributed by atoms with van der Waals surface area (Å²) in [5.74, 6) is -7.78. The van der Waals surface area contributed by atoms with Crippen LogP contribution in [0, 0.1) is 17.8 Å². The van der Waals surface area contributed by atoms with Gasteiger partial charge in [0.15, 0.2) is 23.3 Å². The van der Waals surface area contributed by atoms with Crippen molar-refractivity contribution in [2.45, 2.75) is 194 Å². The molecule has 16 nitrogen and oxygen atoms in total. The fourth-order valence-corrected chi connectivity index (χ4v) is 6.87. The predicted molar refractivity (Wildman–Crippen MR) is 228 cm³/mol. The zero-order valence-corrected chi connectivity index (χ0v) is 36.6. The van der Waals surface area contributed by atoms with Gasteiger partial charge < -0.3 is 42.7 Å². The number of carbonyl (C=O) groups is 7. The molecule has 59 heavy (non-hydrogen) atoms. The van der Waals surface area contributed by atoms with Crippen molar-refractivity contribution in [1.29, 1.82) is 0 Å². The quantitative estimate of drug-likeness (QED) is 0.0251. The van der Waals surface area contributed by atoms with Crippen molar-refractivity contribution in [3.05, 3.63) is 0 Å². The molecule has 0 aliphatic rings. The third kappa shape index (κ3) is 26.7. The number of carbonyl (C=O) groups excluding carboxylic acids is 6. The number of nitrogens with one attached hydrogen (secondary N) is 3. The number of hydrogen-bond donors (Lipinski definition) is 8. The van der Waals surface area contributed by atoms with Crippen LogP contribution in [0.4, 0.5) is 0 Å². The first-order valence-corrected chi connectivity index (χ1v) is 22.0. The molecule has 0 rings (SSSR count). The number of guanidine groups is 1. The molecule has 0 aromatic rings. The molecule has 0 spiro atoms. The Morgan fingerprint density at radius 2 is 1.15 bits per heavy atom. The number of aliphatic carboxylic acids is 1. The summed E-state index contributed by atoms with van der Waals surface area (Å²) in [6, 6.07) is -3.78. The van der Waals surface area contributed by atoms with E-state index in [4.69, 9.17) is 11.5 Å². The van der Waals surface area contributed by atoms with Crippen LogP contribution in [-0.2, 0) is 33.6 Å². The SMILES string of the molecule is CCCCCCCCCCCCCCCC(=O)N[C@@H](CO)C(=O)C[C@H](C(=O)N[C@@H](CC(=O)O)C(=O)C[C@@H](CCCN=C(N)N)C(=O)N[C@@H](CC(C)C)C(=O)CC)[C@@H](C)O. The largest absolute Gasteiger partial charge is 0.481 e. The highest BCUT2D eigenvalue weighted by Crippen LogP contribution is 2.19. The van der Waals surface area contributed by atoms with Crippen LogP contribution in [0.25, 0.3) is 0 Å². The van der Waals surface area contributed by atoms with Crippen molar-refractivity contribution in [2.75, 3.05) is 13.2 Å². The molecule has 0 heterocycles. The highest BCUT2D eigenvalue weighted by molar-refractivity contribution is 5.97. The van der Waals surface area contributed by atoms with E-state index in [2.05, 4.69) is 27.9 Å². The van der Waals surface area contributed by atoms with Crippen LogP contribution in [0.5, 0.6) is 0 Å². The Hall–Kier alpha value is -3.92. The van der Waals surface area contributed by atoms with E-state index in [-0.39, 0.29) is 49.9 Å². The van der Waals surface area contributed by atoms with Gasteiger partial charge >= 0.3 is 5.97 Å². The molecule has 0 fully saturated rings. The average Bonchev–Trinajstić information content (AvgIpc) is 3.17. The number of amides is 3. The number of aliphatic hydroxyl groups excluding tert-OH is 2. The van der Waals surface area contributed by atoms with Crippen molar-refractivity contribution in [3.63, 3.8) is 0 Å². The number of rotatable bonds is 37. The molecule has 0 aromatic heterocycles. The second kappa shape index (κ2) is 32.9. The average molecular weight is 839 g/mol. The maximum atomic E-state index is 13.6. The van der Waals surface area contributed by atoms with E-state index < -0.39 is 97.2 Å². The Labute approximate surface area is 352 Å². The lowest BCUT2D eigenvalue weighted by molar-refractivity contribution is -0.142. The monoisotopic (exact) mass is 839 g/mol. The number of nitrogens with zero attached hydrogens (tertiary/aromatic N) is 1. The van der Waals surface area contributed by atoms with E-state index in [9.17, 15) is 48.9 Å². The van der Waals surface area contributed by atoms with E-state index in [1.165, 1.54) is 58.3 Å². The van der Waals surface area contributed by atoms with Crippen molar-refractivity contribution < 1.29 is 48.9 Å². The second-order valence-electron chi connectivity index (χ2n) is 16.3. The molecule has 0 aliphatic carbocycles. The molecule has 16 heteroatoms. The number of carboxylic acids is 1. The maximum Gasteiger partial charge on any atom is 0.305 e. The van der Waals surface area contributed by atoms with Gasteiger partial charge in [0, 0.05) is 38.1 Å². The van der Waals surface area contributed by atoms with Gasteiger partial charge in [-0.05, 0) is 38.5 Å². The summed E-state index contributed by atoms with van der Waals surface area (Å²) in [7, 11) is 0. The smallest absolute Gasteiger partial charge is 0.305 e. The molecule has 3 amide bonds. The third-order valence-electron chi connectivity index (χ3n) is 10.4. The minimum Gasteiger partial charge on any atom is -0.481 e. The van der Waals surface area contributed by atoms with Crippen LogP contribution in [0.1, 0.15) is 169 Å². The van der Waals surface area contributed by atoms with Crippen LogP contribution < -0.4 is 27.4 Å². The van der Waals surface area contributed by atoms with Crippen LogP contribution >= 0.6 is 0 Å². The minimum absolute atomic E-state index is 0.0690. The summed E-state index contributed by atoms with van der Waals surface area (Å²) in [5, 5.41) is 37.7. The highest BCUT2D eigenvalue weighted by Gasteiger charge is 2.35. The van der Waals surface area contributed by atoms with Crippen LogP contribution in [0.15, 0.2) is 4.99 Å². The van der Waals surface area contributed by atoms with Gasteiger partial charge in [-0.3, -0.25) is 38.6 Å². The summed E-state index contributed by atoms with van der Waals surface area (Å²) < 4.78 is 0. The number of carboxylic acid groups (broad SMARTS) is 1. The van der Waals surface area contributed by atoms with Gasteiger partial charge in [-0.15, -0.1) is 0 Å². The fourth-order valence-electron chi connectivity index (χ4n) is 6.87. The third-order valence-corrected chi connectivity index (χ3v) is 10.4. The maximum absolute atomic E-state index is 13.6. The molecule has 0 unspecified atom stereocenters. The highest BCUT2D eigenvalue weighted by atomic mass is 16.4. The number of hydrogen-bond acceptors (Lipinski definition) is 10. The van der Waals surface area contributed by atoms with Crippen molar-refractivity contribution >= 4 is 47.0 Å². The lowest BCUT2D eigenvalue weighted by Crippen LogP contribution is -2.50. The van der Waals surface area contributed by atoms with E-state index in [1.807, 2.05) is 13.8 Å². The number of aliphatic hydroxyl groups is 2. The molecule has 0 bridgehead atoms. The first-order valence-electron chi connectivity index (χ1n) is 22.0. The Morgan fingerprint density at radius 1 is 0.627 bits per heavy atom. The van der Waals surface area contributed by atoms with Gasteiger partial charge in [0.05, 0.1) is 37.1 Å². The van der Waals surface area contributed by atoms with Crippen molar-refractivity contribution in [2.24, 2.45) is 34.2 Å². The number of aliphatic imine (C=N–C) groups is 1. The molecule has 340 valence electrons. The molecule has 0 radical (unpaired) electrons. The van der Waals surface area contributed by atoms with Crippen LogP contribution in [0.3, 0.4) is 0 Å². The lowest BCUT2D eigenvalue weighted by atomic mass is 9.90. The van der Waals surface area contributed by atoms with E-state index in [0.717, 1.165) is 25.7 Å². The molecule has 0 saturated carbocycles. The minimum atomic E-state index is -1.64. The van der Waals surface area contributed by atoms with Gasteiger partial charge in [0.2, 0.25) is 17.7 Å². The number of nitrogens with two attached hydrogens (primary N) is 2. The fraction of sp³-hybridized carbons (Fsp3) is 0.814. The van der Waals surface area contributed by atoms with Crippen molar-refractivity contribution in [1.82, 2.24) is 16.0 Å². The zero-order chi connectivity index (χ0) is 44.8. The molecule has 10 N–H and O–H groups in total. The summed E-state index contributed by atoms with van der Waals surface area (Å²) in [6.07, 6.45) is 12.6. The Balaban J connectivity index is 5.48. The van der Waals surface area contributed by atoms with Crippen LogP contribution in [0.2, 0.25) is 0 Å². The summed E-state index contributed by atoms with van der Waals surface area (Å²) >= 11 is 0. The molecule has 0 aromatic carbocycles. The van der Waals surface area contributed by atoms with Gasteiger partial charge in [0.25, 0.3) is 0 Å². The van der Waals surface area contributed by atoms with Gasteiger partial charge in [0.1, 0.15) is 6.04 Å². The molecule has 0 aliphatic heterocycles. The Morgan fingerprint density at radius 3 is 1.63 bits per heavy atom. The van der Waals surface area contributed by atoms with Gasteiger partial charge in [-0.25, -0.2) is 0 Å². The van der Waals surface area contributed by atoms with Gasteiger partial charge in [-0.1, -0.05) is 105 Å². The lowest BCUT2D eigenvalue weighted by Gasteiger charge is -2.26.